The first kappa shape index (κ1) is 26.8. The number of para-hydroxylation sites is 1. The van der Waals surface area contributed by atoms with Crippen LogP contribution in [0.15, 0.2) is 72.8 Å². The Labute approximate surface area is 221 Å². The van der Waals surface area contributed by atoms with Gasteiger partial charge in [-0.05, 0) is 59.9 Å². The van der Waals surface area contributed by atoms with E-state index in [0.29, 0.717) is 34.8 Å². The van der Waals surface area contributed by atoms with E-state index in [0.717, 1.165) is 12.0 Å². The number of fused-ring (bicyclic) bond motifs is 1. The van der Waals surface area contributed by atoms with Crippen molar-refractivity contribution in [3.63, 3.8) is 0 Å². The lowest BCUT2D eigenvalue weighted by Gasteiger charge is -2.32. The molecule has 0 saturated heterocycles. The molecule has 0 fully saturated rings. The summed E-state index contributed by atoms with van der Waals surface area (Å²) in [5, 5.41) is 11.3. The standard InChI is InChI=1S/C29H32FN5O3/c1-20(2)15-16-31-29(37)28(22-11-13-23(30)14-12-22)34(18-21-7-6-8-24(17-21)38-3)27(36)19-35-26-10-5-4-9-25(26)32-33-35/h4-14,17,20,28H,15-16,18-19H2,1-3H3,(H,31,37). The molecule has 1 aromatic heterocycles. The number of nitrogens with one attached hydrogen (secondary N) is 1. The third-order valence-electron chi connectivity index (χ3n) is 6.28. The number of halogens is 1. The summed E-state index contributed by atoms with van der Waals surface area (Å²) >= 11 is 0. The summed E-state index contributed by atoms with van der Waals surface area (Å²) in [6.45, 7) is 4.61. The first-order valence-electron chi connectivity index (χ1n) is 12.6. The Morgan fingerprint density at radius 3 is 2.55 bits per heavy atom. The second-order valence-corrected chi connectivity index (χ2v) is 9.54. The van der Waals surface area contributed by atoms with Gasteiger partial charge < -0.3 is 15.0 Å². The third-order valence-corrected chi connectivity index (χ3v) is 6.28. The van der Waals surface area contributed by atoms with Gasteiger partial charge >= 0.3 is 0 Å². The third kappa shape index (κ3) is 6.53. The summed E-state index contributed by atoms with van der Waals surface area (Å²) < 4.78 is 20.7. The molecule has 0 aliphatic heterocycles. The maximum atomic E-state index is 13.9. The number of carbonyl (C=O) groups is 2. The highest BCUT2D eigenvalue weighted by Gasteiger charge is 2.32. The lowest BCUT2D eigenvalue weighted by atomic mass is 10.0. The number of aromatic nitrogens is 3. The molecule has 8 nitrogen and oxygen atoms in total. The van der Waals surface area contributed by atoms with Crippen LogP contribution in [-0.4, -0.2) is 45.4 Å². The summed E-state index contributed by atoms with van der Waals surface area (Å²) in [6, 6.07) is 19.4. The Balaban J connectivity index is 1.72. The van der Waals surface area contributed by atoms with Crippen LogP contribution in [0.3, 0.4) is 0 Å². The molecule has 0 saturated carbocycles. The second kappa shape index (κ2) is 12.3. The number of hydrogen-bond donors (Lipinski definition) is 1. The van der Waals surface area contributed by atoms with Gasteiger partial charge in [-0.1, -0.05) is 55.5 Å². The molecule has 1 heterocycles. The molecular weight excluding hydrogens is 485 g/mol. The molecule has 1 unspecified atom stereocenters. The molecule has 9 heteroatoms. The molecule has 4 rings (SSSR count). The highest BCUT2D eigenvalue weighted by molar-refractivity contribution is 5.89. The minimum Gasteiger partial charge on any atom is -0.497 e. The SMILES string of the molecule is COc1cccc(CN(C(=O)Cn2nnc3ccccc32)C(C(=O)NCCC(C)C)c2ccc(F)cc2)c1. The molecule has 4 aromatic rings. The fraction of sp³-hybridized carbons (Fsp3) is 0.310. The number of hydrogen-bond acceptors (Lipinski definition) is 5. The van der Waals surface area contributed by atoms with Crippen LogP contribution in [0.5, 0.6) is 5.75 Å². The van der Waals surface area contributed by atoms with Crippen molar-refractivity contribution in [2.75, 3.05) is 13.7 Å². The number of nitrogens with zero attached hydrogens (tertiary/aromatic N) is 4. The van der Waals surface area contributed by atoms with Crippen molar-refractivity contribution in [1.82, 2.24) is 25.2 Å². The number of carbonyl (C=O) groups excluding carboxylic acids is 2. The molecule has 1 atom stereocenters. The van der Waals surface area contributed by atoms with Gasteiger partial charge in [0.1, 0.15) is 29.7 Å². The molecular formula is C29H32FN5O3. The Morgan fingerprint density at radius 1 is 1.05 bits per heavy atom. The van der Waals surface area contributed by atoms with Crippen molar-refractivity contribution in [2.24, 2.45) is 5.92 Å². The van der Waals surface area contributed by atoms with E-state index in [1.165, 1.54) is 21.7 Å². The van der Waals surface area contributed by atoms with E-state index in [-0.39, 0.29) is 24.9 Å². The number of benzene rings is 3. The van der Waals surface area contributed by atoms with E-state index in [2.05, 4.69) is 29.5 Å². The molecule has 2 amide bonds. The van der Waals surface area contributed by atoms with Gasteiger partial charge in [0.05, 0.1) is 12.6 Å². The van der Waals surface area contributed by atoms with Crippen molar-refractivity contribution in [3.05, 3.63) is 89.7 Å². The fourth-order valence-corrected chi connectivity index (χ4v) is 4.24. The van der Waals surface area contributed by atoms with E-state index in [4.69, 9.17) is 4.74 Å². The number of methoxy groups -OCH3 is 1. The van der Waals surface area contributed by atoms with Gasteiger partial charge in [0.15, 0.2) is 0 Å². The van der Waals surface area contributed by atoms with Crippen LogP contribution in [0.25, 0.3) is 11.0 Å². The van der Waals surface area contributed by atoms with Crippen LogP contribution in [0.1, 0.15) is 37.4 Å². The predicted octanol–water partition coefficient (Wildman–Crippen LogP) is 4.51. The first-order chi connectivity index (χ1) is 18.4. The van der Waals surface area contributed by atoms with E-state index >= 15 is 0 Å². The van der Waals surface area contributed by atoms with Gasteiger partial charge in [0.2, 0.25) is 11.8 Å². The molecule has 198 valence electrons. The van der Waals surface area contributed by atoms with E-state index in [1.807, 2.05) is 48.5 Å². The molecule has 0 bridgehead atoms. The zero-order chi connectivity index (χ0) is 27.1. The topological polar surface area (TPSA) is 89.3 Å². The van der Waals surface area contributed by atoms with Crippen molar-refractivity contribution < 1.29 is 18.7 Å². The van der Waals surface area contributed by atoms with Gasteiger partial charge in [-0.3, -0.25) is 9.59 Å². The maximum absolute atomic E-state index is 13.9. The van der Waals surface area contributed by atoms with Crippen LogP contribution in [-0.2, 0) is 22.7 Å². The minimum atomic E-state index is -0.990. The van der Waals surface area contributed by atoms with Crippen molar-refractivity contribution in [1.29, 1.82) is 0 Å². The van der Waals surface area contributed by atoms with Crippen molar-refractivity contribution in [2.45, 2.75) is 39.4 Å². The Kier molecular flexibility index (Phi) is 8.68. The second-order valence-electron chi connectivity index (χ2n) is 9.54. The largest absolute Gasteiger partial charge is 0.497 e. The average Bonchev–Trinajstić information content (AvgIpc) is 3.32. The molecule has 1 N–H and O–H groups in total. The Hall–Kier alpha value is -4.27. The summed E-state index contributed by atoms with van der Waals surface area (Å²) in [7, 11) is 1.57. The highest BCUT2D eigenvalue weighted by Crippen LogP contribution is 2.26. The van der Waals surface area contributed by atoms with Crippen molar-refractivity contribution >= 4 is 22.8 Å². The fourth-order valence-electron chi connectivity index (χ4n) is 4.24. The summed E-state index contributed by atoms with van der Waals surface area (Å²) in [5.41, 5.74) is 2.67. The Bertz CT molecular complexity index is 1390. The van der Waals surface area contributed by atoms with Gasteiger partial charge in [-0.2, -0.15) is 0 Å². The van der Waals surface area contributed by atoms with Crippen LogP contribution < -0.4 is 10.1 Å². The van der Waals surface area contributed by atoms with Crippen LogP contribution in [0, 0.1) is 11.7 Å². The molecule has 0 spiro atoms. The maximum Gasteiger partial charge on any atom is 0.247 e. The molecule has 0 aliphatic carbocycles. The summed E-state index contributed by atoms with van der Waals surface area (Å²) in [6.07, 6.45) is 0.788. The smallest absolute Gasteiger partial charge is 0.247 e. The number of ether oxygens (including phenoxy) is 1. The number of amides is 2. The predicted molar refractivity (Wildman–Crippen MR) is 143 cm³/mol. The van der Waals surface area contributed by atoms with Gasteiger partial charge in [0, 0.05) is 13.1 Å². The van der Waals surface area contributed by atoms with E-state index in [9.17, 15) is 14.0 Å². The molecule has 3 aromatic carbocycles. The quantitative estimate of drug-likeness (QED) is 0.316. The number of rotatable bonds is 11. The minimum absolute atomic E-state index is 0.124. The summed E-state index contributed by atoms with van der Waals surface area (Å²) in [4.78, 5) is 29.1. The monoisotopic (exact) mass is 517 g/mol. The van der Waals surface area contributed by atoms with Crippen LogP contribution in [0.2, 0.25) is 0 Å². The highest BCUT2D eigenvalue weighted by atomic mass is 19.1. The molecule has 0 aliphatic rings. The summed E-state index contributed by atoms with van der Waals surface area (Å²) in [5.74, 6) is -0.0622. The van der Waals surface area contributed by atoms with Gasteiger partial charge in [-0.25, -0.2) is 9.07 Å². The zero-order valence-electron chi connectivity index (χ0n) is 21.8. The van der Waals surface area contributed by atoms with Gasteiger partial charge in [-0.15, -0.1) is 5.10 Å². The van der Waals surface area contributed by atoms with Crippen LogP contribution in [0.4, 0.5) is 4.39 Å². The Morgan fingerprint density at radius 2 is 1.82 bits per heavy atom. The average molecular weight is 518 g/mol. The van der Waals surface area contributed by atoms with Gasteiger partial charge in [0.25, 0.3) is 0 Å². The lowest BCUT2D eigenvalue weighted by molar-refractivity contribution is -0.142. The molecule has 38 heavy (non-hydrogen) atoms. The van der Waals surface area contributed by atoms with E-state index < -0.39 is 11.9 Å². The van der Waals surface area contributed by atoms with Crippen LogP contribution >= 0.6 is 0 Å². The normalized spacial score (nSPS) is 11.9. The zero-order valence-corrected chi connectivity index (χ0v) is 21.8. The van der Waals surface area contributed by atoms with E-state index in [1.54, 1.807) is 19.2 Å². The lowest BCUT2D eigenvalue weighted by Crippen LogP contribution is -2.45. The molecule has 0 radical (unpaired) electrons. The van der Waals surface area contributed by atoms with Crippen molar-refractivity contribution in [3.8, 4) is 5.75 Å². The first-order valence-corrected chi connectivity index (χ1v) is 12.6.